The van der Waals surface area contributed by atoms with E-state index < -0.39 is 0 Å². The van der Waals surface area contributed by atoms with Crippen LogP contribution in [0.1, 0.15) is 209 Å². The van der Waals surface area contributed by atoms with Gasteiger partial charge in [-0.2, -0.15) is 0 Å². The number of likely N-dealkylation sites (N-methyl/N-ethyl adjacent to an activating group) is 3. The van der Waals surface area contributed by atoms with E-state index in [0.29, 0.717) is 47.5 Å². The Hall–Kier alpha value is -7.26. The summed E-state index contributed by atoms with van der Waals surface area (Å²) in [5, 5.41) is 38.5. The molecule has 7 aromatic carbocycles. The highest BCUT2D eigenvalue weighted by Gasteiger charge is 2.25. The maximum absolute atomic E-state index is 9.57. The SMILES string of the molecule is CC(C)c1ccc(N2CCN(C(C)C)CC2)cc1.CC(C)c1ccc(N2CCN(C)CC2)c(CO)c1.CC(C)c1ccc(N2CCN(C)CC2)cc1.CC(C)c1ccc(N2CCNCC2)c(CO)c1.CC(C)c1ccc(N2CCNCC2)cc1.CC(C)c1ccc(N2CCNCC2CO)cc1.CCN1CCN(c2ccc(C(C)C)cc2)CC1. The van der Waals surface area contributed by atoms with Gasteiger partial charge in [0, 0.05) is 234 Å². The van der Waals surface area contributed by atoms with Crippen molar-refractivity contribution < 1.29 is 15.3 Å². The molecule has 0 radical (unpaired) electrons. The van der Waals surface area contributed by atoms with E-state index in [-0.39, 0.29) is 25.9 Å². The average molecular weight is 1620 g/mol. The molecule has 6 N–H and O–H groups in total. The minimum absolute atomic E-state index is 0.125. The summed E-state index contributed by atoms with van der Waals surface area (Å²) in [4.78, 5) is 26.8. The fourth-order valence-corrected chi connectivity index (χ4v) is 16.2. The zero-order chi connectivity index (χ0) is 85.2. The fraction of sp³-hybridized carbons (Fsp3) is 0.584. The molecule has 118 heavy (non-hydrogen) atoms. The first-order valence-corrected chi connectivity index (χ1v) is 45.6. The quantitative estimate of drug-likeness (QED) is 0.0458. The Bertz CT molecular complexity index is 3840. The van der Waals surface area contributed by atoms with E-state index in [4.69, 9.17) is 0 Å². The van der Waals surface area contributed by atoms with Gasteiger partial charge in [0.25, 0.3) is 0 Å². The van der Waals surface area contributed by atoms with E-state index in [1.54, 1.807) is 0 Å². The number of nitrogens with one attached hydrogen (secondary N) is 3. The van der Waals surface area contributed by atoms with Crippen molar-refractivity contribution >= 4 is 39.8 Å². The minimum atomic E-state index is 0.125. The molecule has 14 rings (SSSR count). The number of aliphatic hydroxyl groups is 3. The summed E-state index contributed by atoms with van der Waals surface area (Å²) >= 11 is 0. The van der Waals surface area contributed by atoms with Crippen LogP contribution in [0.4, 0.5) is 39.8 Å². The van der Waals surface area contributed by atoms with Crippen molar-refractivity contribution in [2.75, 3.05) is 238 Å². The topological polar surface area (TPSA) is 132 Å². The lowest BCUT2D eigenvalue weighted by molar-refractivity contribution is 0.209. The third kappa shape index (κ3) is 30.4. The molecule has 0 bridgehead atoms. The zero-order valence-corrected chi connectivity index (χ0v) is 76.9. The van der Waals surface area contributed by atoms with Crippen molar-refractivity contribution in [2.24, 2.45) is 0 Å². The molecule has 7 aliphatic heterocycles. The molecule has 1 unspecified atom stereocenters. The molecule has 7 fully saturated rings. The predicted octanol–water partition coefficient (Wildman–Crippen LogP) is 16.4. The van der Waals surface area contributed by atoms with Crippen molar-refractivity contribution in [3.63, 3.8) is 0 Å². The minimum Gasteiger partial charge on any atom is -0.394 e. The highest BCUT2D eigenvalue weighted by atomic mass is 16.3. The van der Waals surface area contributed by atoms with E-state index in [1.165, 1.54) is 125 Å². The maximum atomic E-state index is 9.57. The smallest absolute Gasteiger partial charge is 0.0702 e. The van der Waals surface area contributed by atoms with Gasteiger partial charge in [0.15, 0.2) is 0 Å². The monoisotopic (exact) mass is 1620 g/mol. The molecular weight excluding hydrogens is 1460 g/mol. The van der Waals surface area contributed by atoms with Crippen LogP contribution in [0.5, 0.6) is 0 Å². The number of anilines is 7. The van der Waals surface area contributed by atoms with Gasteiger partial charge in [-0.3, -0.25) is 4.90 Å². The molecule has 17 nitrogen and oxygen atoms in total. The second-order valence-electron chi connectivity index (χ2n) is 36.0. The van der Waals surface area contributed by atoms with Crippen LogP contribution in [0.2, 0.25) is 0 Å². The van der Waals surface area contributed by atoms with Gasteiger partial charge in [0.1, 0.15) is 0 Å². The van der Waals surface area contributed by atoms with Crippen molar-refractivity contribution in [3.8, 4) is 0 Å². The maximum Gasteiger partial charge on any atom is 0.0702 e. The summed E-state index contributed by atoms with van der Waals surface area (Å²) in [6.07, 6.45) is 0. The van der Waals surface area contributed by atoms with Crippen LogP contribution in [0, 0.1) is 0 Å². The second kappa shape index (κ2) is 50.2. The van der Waals surface area contributed by atoms with Crippen LogP contribution < -0.4 is 50.2 Å². The summed E-state index contributed by atoms with van der Waals surface area (Å²) in [7, 11) is 4.35. The Morgan fingerprint density at radius 1 is 0.297 bits per heavy atom. The average Bonchev–Trinajstić information content (AvgIpc) is 0.840. The van der Waals surface area contributed by atoms with Crippen molar-refractivity contribution in [3.05, 3.63) is 208 Å². The molecule has 0 aromatic heterocycles. The van der Waals surface area contributed by atoms with Gasteiger partial charge < -0.3 is 80.3 Å². The number of hydrogen-bond acceptors (Lipinski definition) is 17. The van der Waals surface area contributed by atoms with E-state index in [1.807, 2.05) is 0 Å². The number of benzene rings is 7. The van der Waals surface area contributed by atoms with Gasteiger partial charge in [-0.05, 0) is 188 Å². The summed E-state index contributed by atoms with van der Waals surface area (Å²) in [6, 6.07) is 58.8. The summed E-state index contributed by atoms with van der Waals surface area (Å²) in [6.45, 7) is 69.2. The molecule has 1 atom stereocenters. The van der Waals surface area contributed by atoms with E-state index in [2.05, 4.69) is 359 Å². The van der Waals surface area contributed by atoms with Gasteiger partial charge in [-0.25, -0.2) is 0 Å². The zero-order valence-electron chi connectivity index (χ0n) is 76.9. The first-order valence-electron chi connectivity index (χ1n) is 45.6. The highest BCUT2D eigenvalue weighted by molar-refractivity contribution is 5.58. The lowest BCUT2D eigenvalue weighted by Gasteiger charge is -2.38. The van der Waals surface area contributed by atoms with Crippen LogP contribution >= 0.6 is 0 Å². The second-order valence-corrected chi connectivity index (χ2v) is 36.0. The van der Waals surface area contributed by atoms with Crippen LogP contribution in [0.25, 0.3) is 0 Å². The summed E-state index contributed by atoms with van der Waals surface area (Å²) < 4.78 is 0. The molecule has 0 aliphatic carbocycles. The standard InChI is InChI=1S/C16H26N2.C15H24N2O.C15H24N2.2C14H22N2O.C14H22N2.C13H20N2/c1-13(2)15-5-7-16(8-6-15)18-11-9-17(10-12-18)14(3)4;1-12(2)13-4-5-15(14(10-13)11-18)17-8-6-16(3)7-9-17;1-4-16-9-11-17(12-10-16)15-7-5-14(6-8-15)13(2)3;1-11(2)12-3-5-13(6-4-12)16-8-7-15-9-14(16)10-17;1-11(2)12-3-4-14(13(9-12)10-17)16-7-5-15-6-8-16;1-12(2)13-4-6-14(7-5-13)16-10-8-15(3)9-11-16;1-11(2)12-3-5-13(6-4-12)15-9-7-14-8-10-15/h5-8,13-14H,9-12H2,1-4H3;4-5,10,12,18H,6-9,11H2,1-3H3;5-8,13H,4,9-12H2,1-3H3;3-6,11,14-15,17H,7-10H2,1-2H3;3-4,9,11,15,17H,5-8,10H2,1-2H3;4-7,12H,8-11H2,1-3H3;3-6,11,14H,7-10H2,1-2H3. The predicted molar refractivity (Wildman–Crippen MR) is 509 cm³/mol. The Morgan fingerprint density at radius 3 is 0.873 bits per heavy atom. The Labute approximate surface area is 717 Å². The molecule has 7 aromatic rings. The summed E-state index contributed by atoms with van der Waals surface area (Å²) in [5.74, 6) is 4.09. The largest absolute Gasteiger partial charge is 0.394 e. The number of rotatable bonds is 19. The first kappa shape index (κ1) is 96.2. The Balaban J connectivity index is 0.000000172. The summed E-state index contributed by atoms with van der Waals surface area (Å²) in [5.41, 5.74) is 20.9. The first-order chi connectivity index (χ1) is 56.8. The van der Waals surface area contributed by atoms with Gasteiger partial charge >= 0.3 is 0 Å². The van der Waals surface area contributed by atoms with E-state index >= 15 is 0 Å². The molecule has 0 amide bonds. The molecule has 0 saturated carbocycles. The third-order valence-corrected chi connectivity index (χ3v) is 24.8. The van der Waals surface area contributed by atoms with Crippen molar-refractivity contribution in [1.29, 1.82) is 0 Å². The van der Waals surface area contributed by atoms with Crippen LogP contribution in [-0.2, 0) is 13.2 Å². The Kier molecular flexibility index (Phi) is 40.9. The van der Waals surface area contributed by atoms with Gasteiger partial charge in [0.05, 0.1) is 25.9 Å². The van der Waals surface area contributed by atoms with Gasteiger partial charge in [0.2, 0.25) is 0 Å². The molecule has 17 heteroatoms. The molecule has 652 valence electrons. The van der Waals surface area contributed by atoms with E-state index in [0.717, 1.165) is 149 Å². The lowest BCUT2D eigenvalue weighted by Crippen LogP contribution is -2.53. The van der Waals surface area contributed by atoms with E-state index in [9.17, 15) is 15.3 Å². The number of piperazine rings is 7. The Morgan fingerprint density at radius 2 is 0.568 bits per heavy atom. The van der Waals surface area contributed by atoms with Crippen molar-refractivity contribution in [2.45, 2.75) is 184 Å². The molecule has 7 saturated heterocycles. The van der Waals surface area contributed by atoms with Gasteiger partial charge in [-0.15, -0.1) is 0 Å². The van der Waals surface area contributed by atoms with Crippen LogP contribution in [0.15, 0.2) is 158 Å². The highest BCUT2D eigenvalue weighted by Crippen LogP contribution is 2.31. The third-order valence-electron chi connectivity index (χ3n) is 24.8. The molecule has 7 aliphatic rings. The molecule has 0 spiro atoms. The van der Waals surface area contributed by atoms with Crippen LogP contribution in [-0.4, -0.2) is 251 Å². The van der Waals surface area contributed by atoms with Crippen molar-refractivity contribution in [1.82, 2.24) is 35.6 Å². The number of nitrogens with zero attached hydrogens (tertiary/aromatic N) is 11. The van der Waals surface area contributed by atoms with Gasteiger partial charge in [-0.1, -0.05) is 189 Å². The number of hydrogen-bond donors (Lipinski definition) is 6. The normalized spacial score (nSPS) is 18.0. The molecule has 7 heterocycles. The molecular formula is C101H160N14O3. The number of aliphatic hydroxyl groups excluding tert-OH is 3. The lowest BCUT2D eigenvalue weighted by atomic mass is 9.99. The fourth-order valence-electron chi connectivity index (χ4n) is 16.2. The van der Waals surface area contributed by atoms with Crippen LogP contribution in [0.3, 0.4) is 0 Å².